The van der Waals surface area contributed by atoms with Crippen LogP contribution >= 0.6 is 11.6 Å². The van der Waals surface area contributed by atoms with Gasteiger partial charge in [0.2, 0.25) is 5.91 Å². The Kier molecular flexibility index (Phi) is 6.94. The van der Waals surface area contributed by atoms with Crippen molar-refractivity contribution in [1.29, 1.82) is 0 Å². The van der Waals surface area contributed by atoms with Crippen LogP contribution in [0.25, 0.3) is 0 Å². The molecule has 0 bridgehead atoms. The van der Waals surface area contributed by atoms with Gasteiger partial charge >= 0.3 is 6.18 Å². The molecular formula is C22H22ClF4N3O3. The molecule has 0 aliphatic carbocycles. The molecule has 33 heavy (non-hydrogen) atoms. The van der Waals surface area contributed by atoms with E-state index in [-0.39, 0.29) is 41.9 Å². The molecule has 1 saturated heterocycles. The quantitative estimate of drug-likeness (QED) is 0.636. The van der Waals surface area contributed by atoms with Crippen molar-refractivity contribution in [3.8, 4) is 5.75 Å². The number of fused-ring (bicyclic) bond motifs is 1. The summed E-state index contributed by atoms with van der Waals surface area (Å²) in [6, 6.07) is 3.64. The third kappa shape index (κ3) is 5.50. The molecule has 3 heterocycles. The van der Waals surface area contributed by atoms with Gasteiger partial charge in [-0.2, -0.15) is 13.2 Å². The second kappa shape index (κ2) is 9.72. The zero-order valence-corrected chi connectivity index (χ0v) is 18.3. The summed E-state index contributed by atoms with van der Waals surface area (Å²) >= 11 is 6.03. The monoisotopic (exact) mass is 487 g/mol. The van der Waals surface area contributed by atoms with Gasteiger partial charge in [0.1, 0.15) is 17.4 Å². The third-order valence-electron chi connectivity index (χ3n) is 5.76. The molecule has 0 radical (unpaired) electrons. The zero-order chi connectivity index (χ0) is 23.6. The number of carbonyl (C=O) groups is 1. The summed E-state index contributed by atoms with van der Waals surface area (Å²) in [6.07, 6.45) is -2.30. The highest BCUT2D eigenvalue weighted by molar-refractivity contribution is 6.33. The Balaban J connectivity index is 1.29. The molecule has 1 aromatic heterocycles. The van der Waals surface area contributed by atoms with E-state index < -0.39 is 11.7 Å². The SMILES string of the molecule is O=C(NCCc1cc(F)cc2c1OCOC2)C1CCN(c2ncc(C(F)(F)F)cc2Cl)CC1. The number of anilines is 1. The summed E-state index contributed by atoms with van der Waals surface area (Å²) in [5, 5.41) is 2.81. The first-order chi connectivity index (χ1) is 15.7. The molecule has 2 aromatic rings. The van der Waals surface area contributed by atoms with Gasteiger partial charge in [-0.1, -0.05) is 11.6 Å². The molecule has 0 unspecified atom stereocenters. The van der Waals surface area contributed by atoms with Crippen molar-refractivity contribution in [2.75, 3.05) is 31.3 Å². The highest BCUT2D eigenvalue weighted by Gasteiger charge is 2.33. The van der Waals surface area contributed by atoms with Crippen molar-refractivity contribution in [3.63, 3.8) is 0 Å². The van der Waals surface area contributed by atoms with E-state index in [9.17, 15) is 22.4 Å². The number of piperidine rings is 1. The first kappa shape index (κ1) is 23.6. The molecule has 2 aliphatic rings. The first-order valence-electron chi connectivity index (χ1n) is 10.5. The Hall–Kier alpha value is -2.59. The molecule has 1 amide bonds. The minimum absolute atomic E-state index is 0.0706. The van der Waals surface area contributed by atoms with Crippen LogP contribution in [0.2, 0.25) is 5.02 Å². The summed E-state index contributed by atoms with van der Waals surface area (Å²) in [5.74, 6) is 0.151. The summed E-state index contributed by atoms with van der Waals surface area (Å²) in [4.78, 5) is 18.3. The van der Waals surface area contributed by atoms with Crippen LogP contribution in [0.4, 0.5) is 23.4 Å². The number of carbonyl (C=O) groups excluding carboxylic acids is 1. The van der Waals surface area contributed by atoms with Gasteiger partial charge < -0.3 is 19.7 Å². The normalized spacial score (nSPS) is 16.8. The lowest BCUT2D eigenvalue weighted by Crippen LogP contribution is -2.41. The predicted octanol–water partition coefficient (Wildman–Crippen LogP) is 4.33. The fourth-order valence-electron chi connectivity index (χ4n) is 4.08. The summed E-state index contributed by atoms with van der Waals surface area (Å²) in [5.41, 5.74) is 0.417. The number of pyridine rings is 1. The van der Waals surface area contributed by atoms with E-state index in [0.717, 1.165) is 12.3 Å². The maximum atomic E-state index is 13.8. The van der Waals surface area contributed by atoms with Crippen molar-refractivity contribution in [2.24, 2.45) is 5.92 Å². The van der Waals surface area contributed by atoms with E-state index in [1.807, 2.05) is 0 Å². The van der Waals surface area contributed by atoms with E-state index in [1.165, 1.54) is 12.1 Å². The van der Waals surface area contributed by atoms with Crippen LogP contribution in [0, 0.1) is 11.7 Å². The number of benzene rings is 1. The Morgan fingerprint density at radius 2 is 2.00 bits per heavy atom. The van der Waals surface area contributed by atoms with E-state index in [2.05, 4.69) is 10.3 Å². The second-order valence-corrected chi connectivity index (χ2v) is 8.40. The largest absolute Gasteiger partial charge is 0.467 e. The average molecular weight is 488 g/mol. The lowest BCUT2D eigenvalue weighted by molar-refractivity contribution is -0.137. The number of rotatable bonds is 5. The lowest BCUT2D eigenvalue weighted by Gasteiger charge is -2.32. The number of nitrogens with zero attached hydrogens (tertiary/aromatic N) is 2. The Morgan fingerprint density at radius 1 is 1.24 bits per heavy atom. The van der Waals surface area contributed by atoms with E-state index in [1.54, 1.807) is 4.90 Å². The van der Waals surface area contributed by atoms with E-state index in [4.69, 9.17) is 21.1 Å². The number of halogens is 5. The van der Waals surface area contributed by atoms with Crippen molar-refractivity contribution in [3.05, 3.63) is 51.9 Å². The van der Waals surface area contributed by atoms with Crippen LogP contribution in [0.1, 0.15) is 29.5 Å². The van der Waals surface area contributed by atoms with Crippen molar-refractivity contribution in [2.45, 2.75) is 32.0 Å². The average Bonchev–Trinajstić information content (AvgIpc) is 2.78. The van der Waals surface area contributed by atoms with Gasteiger partial charge in [-0.05, 0) is 43.0 Å². The fraction of sp³-hybridized carbons (Fsp3) is 0.455. The van der Waals surface area contributed by atoms with Gasteiger partial charge in [-0.3, -0.25) is 4.79 Å². The number of hydrogen-bond acceptors (Lipinski definition) is 5. The van der Waals surface area contributed by atoms with Gasteiger partial charge in [0, 0.05) is 37.3 Å². The number of aromatic nitrogens is 1. The molecule has 0 atom stereocenters. The minimum atomic E-state index is -4.51. The number of ether oxygens (including phenoxy) is 2. The zero-order valence-electron chi connectivity index (χ0n) is 17.6. The number of nitrogens with one attached hydrogen (secondary N) is 1. The summed E-state index contributed by atoms with van der Waals surface area (Å²) in [6.45, 7) is 1.60. The molecular weight excluding hydrogens is 466 g/mol. The molecule has 1 fully saturated rings. The summed E-state index contributed by atoms with van der Waals surface area (Å²) in [7, 11) is 0. The van der Waals surface area contributed by atoms with Gasteiger partial charge in [0.05, 0.1) is 17.2 Å². The van der Waals surface area contributed by atoms with Gasteiger partial charge in [0.15, 0.2) is 6.79 Å². The highest BCUT2D eigenvalue weighted by Crippen LogP contribution is 2.35. The van der Waals surface area contributed by atoms with Crippen LogP contribution in [-0.4, -0.2) is 37.3 Å². The van der Waals surface area contributed by atoms with Crippen molar-refractivity contribution in [1.82, 2.24) is 10.3 Å². The van der Waals surface area contributed by atoms with Crippen LogP contribution < -0.4 is 15.0 Å². The number of amides is 1. The van der Waals surface area contributed by atoms with Crippen LogP contribution in [0.15, 0.2) is 24.4 Å². The van der Waals surface area contributed by atoms with Gasteiger partial charge in [0.25, 0.3) is 0 Å². The van der Waals surface area contributed by atoms with Crippen LogP contribution in [0.3, 0.4) is 0 Å². The van der Waals surface area contributed by atoms with Crippen LogP contribution in [-0.2, 0) is 28.7 Å². The van der Waals surface area contributed by atoms with E-state index >= 15 is 0 Å². The Labute approximate surface area is 192 Å². The molecule has 4 rings (SSSR count). The van der Waals surface area contributed by atoms with Crippen molar-refractivity contribution < 1.29 is 31.8 Å². The number of hydrogen-bond donors (Lipinski definition) is 1. The Bertz CT molecular complexity index is 1030. The molecule has 0 saturated carbocycles. The summed E-state index contributed by atoms with van der Waals surface area (Å²) < 4.78 is 62.9. The maximum absolute atomic E-state index is 13.8. The molecule has 11 heteroatoms. The molecule has 178 valence electrons. The lowest BCUT2D eigenvalue weighted by atomic mass is 9.95. The smallest absolute Gasteiger partial charge is 0.417 e. The maximum Gasteiger partial charge on any atom is 0.417 e. The van der Waals surface area contributed by atoms with Gasteiger partial charge in [-0.25, -0.2) is 9.37 Å². The highest BCUT2D eigenvalue weighted by atomic mass is 35.5. The first-order valence-corrected chi connectivity index (χ1v) is 10.9. The minimum Gasteiger partial charge on any atom is -0.467 e. The van der Waals surface area contributed by atoms with Gasteiger partial charge in [-0.15, -0.1) is 0 Å². The molecule has 2 aliphatic heterocycles. The third-order valence-corrected chi connectivity index (χ3v) is 6.04. The molecule has 1 aromatic carbocycles. The van der Waals surface area contributed by atoms with E-state index in [0.29, 0.717) is 55.8 Å². The van der Waals surface area contributed by atoms with Crippen molar-refractivity contribution >= 4 is 23.3 Å². The topological polar surface area (TPSA) is 63.7 Å². The molecule has 1 N–H and O–H groups in total. The second-order valence-electron chi connectivity index (χ2n) is 7.99. The predicted molar refractivity (Wildman–Crippen MR) is 113 cm³/mol. The molecule has 0 spiro atoms. The molecule has 6 nitrogen and oxygen atoms in total. The van der Waals surface area contributed by atoms with Crippen LogP contribution in [0.5, 0.6) is 5.75 Å². The Morgan fingerprint density at radius 3 is 2.70 bits per heavy atom. The standard InChI is InChI=1S/C22H22ClF4N3O3/c23-18-9-16(22(25,26)27)10-29-20(18)30-5-2-13(3-6-30)21(31)28-4-1-14-7-17(24)8-15-11-32-12-33-19(14)15/h7-10,13H,1-6,11-12H2,(H,28,31). The number of alkyl halides is 3. The fourth-order valence-corrected chi connectivity index (χ4v) is 4.36.